The molecule has 2 aromatic carbocycles. The normalized spacial score (nSPS) is 10.7. The monoisotopic (exact) mass is 445 g/mol. The molecule has 1 N–H and O–H groups in total. The first-order valence-electron chi connectivity index (χ1n) is 10.1. The van der Waals surface area contributed by atoms with E-state index in [1.54, 1.807) is 36.7 Å². The van der Waals surface area contributed by atoms with Crippen molar-refractivity contribution < 1.29 is 9.18 Å². The summed E-state index contributed by atoms with van der Waals surface area (Å²) in [5.74, 6) is -1.34. The van der Waals surface area contributed by atoms with Gasteiger partial charge in [0, 0.05) is 18.9 Å². The quantitative estimate of drug-likeness (QED) is 0.491. The van der Waals surface area contributed by atoms with Gasteiger partial charge in [-0.2, -0.15) is 9.78 Å². The number of pyridine rings is 1. The Balaban J connectivity index is 1.78. The number of hydrogen-bond acceptors (Lipinski definition) is 5. The molecule has 0 aliphatic heterocycles. The maximum atomic E-state index is 13.8. The highest BCUT2D eigenvalue weighted by atomic mass is 19.1. The zero-order chi connectivity index (χ0) is 23.4. The first-order valence-corrected chi connectivity index (χ1v) is 10.1. The molecule has 4 aromatic rings. The minimum Gasteiger partial charge on any atom is -0.346 e. The van der Waals surface area contributed by atoms with Crippen molar-refractivity contribution in [1.82, 2.24) is 24.6 Å². The zero-order valence-corrected chi connectivity index (χ0v) is 17.7. The van der Waals surface area contributed by atoms with E-state index in [9.17, 15) is 18.8 Å². The molecule has 0 atom stereocenters. The summed E-state index contributed by atoms with van der Waals surface area (Å²) in [7, 11) is 0. The molecular weight excluding hydrogens is 425 g/mol. The lowest BCUT2D eigenvalue weighted by molar-refractivity contribution is 0.0941. The van der Waals surface area contributed by atoms with Crippen LogP contribution in [0.2, 0.25) is 0 Å². The van der Waals surface area contributed by atoms with E-state index in [1.165, 1.54) is 18.2 Å². The average molecular weight is 445 g/mol. The van der Waals surface area contributed by atoms with Crippen LogP contribution >= 0.6 is 0 Å². The van der Waals surface area contributed by atoms with Gasteiger partial charge >= 0.3 is 5.69 Å². The van der Waals surface area contributed by atoms with Crippen LogP contribution in [0.3, 0.4) is 0 Å². The van der Waals surface area contributed by atoms with E-state index in [-0.39, 0.29) is 18.8 Å². The summed E-state index contributed by atoms with van der Waals surface area (Å²) >= 11 is 0. The van der Waals surface area contributed by atoms with Gasteiger partial charge in [0.25, 0.3) is 11.5 Å². The van der Waals surface area contributed by atoms with E-state index in [0.717, 1.165) is 26.4 Å². The van der Waals surface area contributed by atoms with Crippen LogP contribution in [0.4, 0.5) is 4.39 Å². The predicted octanol–water partition coefficient (Wildman–Crippen LogP) is 2.22. The number of nitrogens with zero attached hydrogens (tertiary/aromatic N) is 4. The standard InChI is InChI=1S/C24H20FN5O3/c1-16-7-9-17(10-8-16)15-29-23(32)21(22(31)27-14-18-4-3-11-26-13-18)28-30(24(29)33)20-6-2-5-19(25)12-20/h2-13H,14-15H2,1H3,(H,27,31). The molecule has 9 heteroatoms. The second-order valence-corrected chi connectivity index (χ2v) is 7.44. The summed E-state index contributed by atoms with van der Waals surface area (Å²) in [5, 5.41) is 6.61. The molecule has 166 valence electrons. The fourth-order valence-corrected chi connectivity index (χ4v) is 3.22. The summed E-state index contributed by atoms with van der Waals surface area (Å²) in [4.78, 5) is 43.1. The lowest BCUT2D eigenvalue weighted by Crippen LogP contribution is -2.46. The van der Waals surface area contributed by atoms with Crippen molar-refractivity contribution in [2.75, 3.05) is 0 Å². The van der Waals surface area contributed by atoms with Gasteiger partial charge in [-0.25, -0.2) is 9.18 Å². The van der Waals surface area contributed by atoms with E-state index in [4.69, 9.17) is 0 Å². The second-order valence-electron chi connectivity index (χ2n) is 7.44. The van der Waals surface area contributed by atoms with Crippen molar-refractivity contribution >= 4 is 5.91 Å². The molecule has 0 spiro atoms. The Labute approximate surface area is 188 Å². The second kappa shape index (κ2) is 9.39. The molecule has 1 amide bonds. The summed E-state index contributed by atoms with van der Waals surface area (Å²) in [6, 6.07) is 16.0. The summed E-state index contributed by atoms with van der Waals surface area (Å²) < 4.78 is 15.6. The van der Waals surface area contributed by atoms with Crippen LogP contribution in [0.25, 0.3) is 5.69 Å². The Hall–Kier alpha value is -4.40. The van der Waals surface area contributed by atoms with E-state index in [2.05, 4.69) is 15.4 Å². The van der Waals surface area contributed by atoms with Gasteiger partial charge in [-0.05, 0) is 42.3 Å². The summed E-state index contributed by atoms with van der Waals surface area (Å²) in [5.41, 5.74) is 0.442. The highest BCUT2D eigenvalue weighted by Crippen LogP contribution is 2.08. The molecule has 0 aliphatic carbocycles. The summed E-state index contributed by atoms with van der Waals surface area (Å²) in [6.45, 7) is 1.97. The Morgan fingerprint density at radius 3 is 2.52 bits per heavy atom. The number of halogens is 1. The number of aryl methyl sites for hydroxylation is 1. The van der Waals surface area contributed by atoms with Gasteiger partial charge in [0.15, 0.2) is 0 Å². The molecule has 0 bridgehead atoms. The van der Waals surface area contributed by atoms with Crippen LogP contribution in [0.15, 0.2) is 82.6 Å². The number of nitrogens with one attached hydrogen (secondary N) is 1. The third-order valence-electron chi connectivity index (χ3n) is 4.96. The molecule has 0 unspecified atom stereocenters. The fraction of sp³-hybridized carbons (Fsp3) is 0.125. The van der Waals surface area contributed by atoms with Crippen LogP contribution in [0.1, 0.15) is 27.2 Å². The van der Waals surface area contributed by atoms with Crippen molar-refractivity contribution in [3.63, 3.8) is 0 Å². The third-order valence-corrected chi connectivity index (χ3v) is 4.96. The van der Waals surface area contributed by atoms with Gasteiger partial charge in [-0.3, -0.25) is 19.1 Å². The predicted molar refractivity (Wildman–Crippen MR) is 120 cm³/mol. The largest absolute Gasteiger partial charge is 0.352 e. The fourth-order valence-electron chi connectivity index (χ4n) is 3.22. The minimum atomic E-state index is -0.836. The number of hydrogen-bond donors (Lipinski definition) is 1. The van der Waals surface area contributed by atoms with Gasteiger partial charge in [-0.15, -0.1) is 0 Å². The number of carbonyl (C=O) groups excluding carboxylic acids is 1. The van der Waals surface area contributed by atoms with Crippen LogP contribution in [0, 0.1) is 12.7 Å². The van der Waals surface area contributed by atoms with Gasteiger partial charge in [0.1, 0.15) is 5.82 Å². The molecule has 2 heterocycles. The molecule has 8 nitrogen and oxygen atoms in total. The van der Waals surface area contributed by atoms with Crippen LogP contribution < -0.4 is 16.6 Å². The van der Waals surface area contributed by atoms with Crippen molar-refractivity contribution in [3.8, 4) is 5.69 Å². The lowest BCUT2D eigenvalue weighted by Gasteiger charge is -2.12. The first kappa shape index (κ1) is 21.8. The SMILES string of the molecule is Cc1ccc(Cn2c(=O)c(C(=O)NCc3cccnc3)nn(-c3cccc(F)c3)c2=O)cc1. The maximum absolute atomic E-state index is 13.8. The Morgan fingerprint density at radius 1 is 1.03 bits per heavy atom. The lowest BCUT2D eigenvalue weighted by atomic mass is 10.1. The topological polar surface area (TPSA) is 98.9 Å². The molecule has 2 aromatic heterocycles. The van der Waals surface area contributed by atoms with E-state index in [0.29, 0.717) is 5.56 Å². The maximum Gasteiger partial charge on any atom is 0.352 e. The Bertz CT molecular complexity index is 1410. The van der Waals surface area contributed by atoms with Crippen LogP contribution in [-0.2, 0) is 13.1 Å². The van der Waals surface area contributed by atoms with Gasteiger partial charge in [0.2, 0.25) is 5.69 Å². The Kier molecular flexibility index (Phi) is 6.21. The van der Waals surface area contributed by atoms with Crippen LogP contribution in [-0.4, -0.2) is 25.2 Å². The molecule has 0 saturated heterocycles. The first-order chi connectivity index (χ1) is 15.9. The third kappa shape index (κ3) is 4.93. The number of amides is 1. The average Bonchev–Trinajstić information content (AvgIpc) is 2.82. The van der Waals surface area contributed by atoms with E-state index < -0.39 is 28.7 Å². The molecule has 0 fully saturated rings. The molecule has 33 heavy (non-hydrogen) atoms. The van der Waals surface area contributed by atoms with Crippen molar-refractivity contribution in [2.45, 2.75) is 20.0 Å². The summed E-state index contributed by atoms with van der Waals surface area (Å²) in [6.07, 6.45) is 3.18. The molecule has 4 rings (SSSR count). The molecular formula is C24H20FN5O3. The molecule has 0 aliphatic rings. The number of carbonyl (C=O) groups is 1. The molecule has 0 saturated carbocycles. The number of benzene rings is 2. The van der Waals surface area contributed by atoms with Gasteiger partial charge in [-0.1, -0.05) is 42.0 Å². The van der Waals surface area contributed by atoms with Crippen molar-refractivity contribution in [1.29, 1.82) is 0 Å². The van der Waals surface area contributed by atoms with E-state index in [1.807, 2.05) is 19.1 Å². The smallest absolute Gasteiger partial charge is 0.346 e. The van der Waals surface area contributed by atoms with Crippen LogP contribution in [0.5, 0.6) is 0 Å². The van der Waals surface area contributed by atoms with Crippen molar-refractivity contribution in [2.24, 2.45) is 0 Å². The zero-order valence-electron chi connectivity index (χ0n) is 17.7. The highest BCUT2D eigenvalue weighted by Gasteiger charge is 2.20. The van der Waals surface area contributed by atoms with E-state index >= 15 is 0 Å². The Morgan fingerprint density at radius 2 is 1.82 bits per heavy atom. The number of rotatable bonds is 6. The minimum absolute atomic E-state index is 0.0708. The van der Waals surface area contributed by atoms with Crippen molar-refractivity contribution in [3.05, 3.63) is 122 Å². The number of aromatic nitrogens is 4. The molecule has 0 radical (unpaired) electrons. The van der Waals surface area contributed by atoms with Gasteiger partial charge in [0.05, 0.1) is 12.2 Å². The van der Waals surface area contributed by atoms with Gasteiger partial charge < -0.3 is 5.32 Å². The highest BCUT2D eigenvalue weighted by molar-refractivity contribution is 5.91.